The summed E-state index contributed by atoms with van der Waals surface area (Å²) in [5.41, 5.74) is 5.16. The standard InChI is InChI=1S/C14H28N2O/c1-11-7-6-9-16(10-8-11)12(17)13(2,3)14(4,5)15/h11H,6-10,15H2,1-5H3. The summed E-state index contributed by atoms with van der Waals surface area (Å²) in [6, 6.07) is 0. The molecule has 0 aromatic heterocycles. The van der Waals surface area contributed by atoms with Crippen LogP contribution in [0.25, 0.3) is 0 Å². The van der Waals surface area contributed by atoms with Gasteiger partial charge in [-0.3, -0.25) is 4.79 Å². The highest BCUT2D eigenvalue weighted by Crippen LogP contribution is 2.31. The Kier molecular flexibility index (Phi) is 4.23. The third-order valence-corrected chi connectivity index (χ3v) is 4.45. The highest BCUT2D eigenvalue weighted by Gasteiger charge is 2.42. The Balaban J connectivity index is 2.76. The molecule has 2 N–H and O–H groups in total. The first kappa shape index (κ1) is 14.5. The Morgan fingerprint density at radius 3 is 2.29 bits per heavy atom. The highest BCUT2D eigenvalue weighted by atomic mass is 16.2. The van der Waals surface area contributed by atoms with Gasteiger partial charge in [-0.05, 0) is 52.9 Å². The maximum atomic E-state index is 12.6. The molecule has 0 radical (unpaired) electrons. The largest absolute Gasteiger partial charge is 0.342 e. The minimum absolute atomic E-state index is 0.208. The van der Waals surface area contributed by atoms with Crippen LogP contribution in [0.15, 0.2) is 0 Å². The molecule has 0 bridgehead atoms. The summed E-state index contributed by atoms with van der Waals surface area (Å²) in [6.07, 6.45) is 3.47. The number of amides is 1. The van der Waals surface area contributed by atoms with Crippen LogP contribution >= 0.6 is 0 Å². The predicted molar refractivity (Wildman–Crippen MR) is 71.6 cm³/mol. The second kappa shape index (κ2) is 4.97. The average Bonchev–Trinajstić information content (AvgIpc) is 2.40. The summed E-state index contributed by atoms with van der Waals surface area (Å²) in [7, 11) is 0. The molecule has 0 saturated carbocycles. The lowest BCUT2D eigenvalue weighted by Gasteiger charge is -2.40. The maximum Gasteiger partial charge on any atom is 0.230 e. The van der Waals surface area contributed by atoms with Crippen molar-refractivity contribution in [2.45, 2.75) is 59.4 Å². The average molecular weight is 240 g/mol. The Labute approximate surface area is 106 Å². The molecular formula is C14H28N2O. The molecule has 1 saturated heterocycles. The van der Waals surface area contributed by atoms with Crippen LogP contribution in [-0.2, 0) is 4.79 Å². The number of nitrogens with two attached hydrogens (primary N) is 1. The van der Waals surface area contributed by atoms with Crippen LogP contribution in [0.2, 0.25) is 0 Å². The molecule has 0 aromatic carbocycles. The lowest BCUT2D eigenvalue weighted by atomic mass is 9.74. The van der Waals surface area contributed by atoms with Crippen molar-refractivity contribution < 1.29 is 4.79 Å². The van der Waals surface area contributed by atoms with E-state index in [0.717, 1.165) is 31.8 Å². The number of carbonyl (C=O) groups is 1. The number of likely N-dealkylation sites (tertiary alicyclic amines) is 1. The molecule has 1 atom stereocenters. The molecular weight excluding hydrogens is 212 g/mol. The fraction of sp³-hybridized carbons (Fsp3) is 0.929. The van der Waals surface area contributed by atoms with Crippen molar-refractivity contribution in [3.8, 4) is 0 Å². The molecule has 0 spiro atoms. The Hall–Kier alpha value is -0.570. The quantitative estimate of drug-likeness (QED) is 0.805. The van der Waals surface area contributed by atoms with E-state index in [-0.39, 0.29) is 5.91 Å². The van der Waals surface area contributed by atoms with E-state index < -0.39 is 11.0 Å². The van der Waals surface area contributed by atoms with E-state index in [1.165, 1.54) is 6.42 Å². The Morgan fingerprint density at radius 1 is 1.18 bits per heavy atom. The third kappa shape index (κ3) is 3.21. The highest BCUT2D eigenvalue weighted by molar-refractivity contribution is 5.83. The molecule has 0 aromatic rings. The lowest BCUT2D eigenvalue weighted by molar-refractivity contribution is -0.143. The topological polar surface area (TPSA) is 46.3 Å². The normalized spacial score (nSPS) is 23.4. The van der Waals surface area contributed by atoms with Gasteiger partial charge >= 0.3 is 0 Å². The first-order valence-electron chi connectivity index (χ1n) is 6.74. The third-order valence-electron chi connectivity index (χ3n) is 4.45. The van der Waals surface area contributed by atoms with Crippen LogP contribution in [0, 0.1) is 11.3 Å². The summed E-state index contributed by atoms with van der Waals surface area (Å²) < 4.78 is 0. The molecule has 0 aliphatic carbocycles. The number of hydrogen-bond acceptors (Lipinski definition) is 2. The van der Waals surface area contributed by atoms with Gasteiger partial charge in [-0.2, -0.15) is 0 Å². The molecule has 17 heavy (non-hydrogen) atoms. The minimum atomic E-state index is -0.499. The van der Waals surface area contributed by atoms with Crippen molar-refractivity contribution in [1.82, 2.24) is 4.90 Å². The van der Waals surface area contributed by atoms with Crippen molar-refractivity contribution >= 4 is 5.91 Å². The summed E-state index contributed by atoms with van der Waals surface area (Å²) in [5, 5.41) is 0. The predicted octanol–water partition coefficient (Wildman–Crippen LogP) is 2.40. The molecule has 3 heteroatoms. The van der Waals surface area contributed by atoms with E-state index in [4.69, 9.17) is 5.73 Å². The smallest absolute Gasteiger partial charge is 0.230 e. The molecule has 1 rings (SSSR count). The van der Waals surface area contributed by atoms with E-state index in [1.54, 1.807) is 0 Å². The van der Waals surface area contributed by atoms with Gasteiger partial charge < -0.3 is 10.6 Å². The number of rotatable bonds is 2. The number of nitrogens with zero attached hydrogens (tertiary/aromatic N) is 1. The van der Waals surface area contributed by atoms with Crippen molar-refractivity contribution in [2.24, 2.45) is 17.1 Å². The van der Waals surface area contributed by atoms with Crippen molar-refractivity contribution in [1.29, 1.82) is 0 Å². The first-order chi connectivity index (χ1) is 7.66. The van der Waals surface area contributed by atoms with Crippen LogP contribution < -0.4 is 5.73 Å². The van der Waals surface area contributed by atoms with Crippen molar-refractivity contribution in [3.63, 3.8) is 0 Å². The van der Waals surface area contributed by atoms with Gasteiger partial charge in [0.05, 0.1) is 5.41 Å². The van der Waals surface area contributed by atoms with E-state index in [2.05, 4.69) is 6.92 Å². The fourth-order valence-corrected chi connectivity index (χ4v) is 2.14. The monoisotopic (exact) mass is 240 g/mol. The van der Waals surface area contributed by atoms with Crippen molar-refractivity contribution in [3.05, 3.63) is 0 Å². The van der Waals surface area contributed by atoms with Crippen LogP contribution in [0.3, 0.4) is 0 Å². The molecule has 100 valence electrons. The van der Waals surface area contributed by atoms with E-state index in [9.17, 15) is 4.79 Å². The summed E-state index contributed by atoms with van der Waals surface area (Å²) in [5.74, 6) is 0.945. The van der Waals surface area contributed by atoms with E-state index >= 15 is 0 Å². The van der Waals surface area contributed by atoms with E-state index in [1.807, 2.05) is 32.6 Å². The maximum absolute atomic E-state index is 12.6. The molecule has 1 aliphatic rings. The zero-order valence-corrected chi connectivity index (χ0v) is 12.0. The first-order valence-corrected chi connectivity index (χ1v) is 6.74. The van der Waals surface area contributed by atoms with Gasteiger partial charge in [0.15, 0.2) is 0 Å². The summed E-state index contributed by atoms with van der Waals surface area (Å²) in [4.78, 5) is 14.6. The lowest BCUT2D eigenvalue weighted by Crippen LogP contribution is -2.56. The van der Waals surface area contributed by atoms with E-state index in [0.29, 0.717) is 0 Å². The molecule has 1 amide bonds. The minimum Gasteiger partial charge on any atom is -0.342 e. The zero-order valence-electron chi connectivity index (χ0n) is 12.0. The van der Waals surface area contributed by atoms with Gasteiger partial charge in [0.25, 0.3) is 0 Å². The van der Waals surface area contributed by atoms with Crippen LogP contribution in [0.5, 0.6) is 0 Å². The molecule has 1 aliphatic heterocycles. The Bertz CT molecular complexity index is 278. The second-order valence-corrected chi connectivity index (χ2v) is 6.67. The van der Waals surface area contributed by atoms with Gasteiger partial charge in [-0.25, -0.2) is 0 Å². The summed E-state index contributed by atoms with van der Waals surface area (Å²) >= 11 is 0. The molecule has 1 heterocycles. The second-order valence-electron chi connectivity index (χ2n) is 6.67. The van der Waals surface area contributed by atoms with Gasteiger partial charge in [0.1, 0.15) is 0 Å². The fourth-order valence-electron chi connectivity index (χ4n) is 2.14. The van der Waals surface area contributed by atoms with Crippen LogP contribution in [0.1, 0.15) is 53.9 Å². The molecule has 1 fully saturated rings. The number of hydrogen-bond donors (Lipinski definition) is 1. The van der Waals surface area contributed by atoms with Gasteiger partial charge in [0.2, 0.25) is 5.91 Å². The van der Waals surface area contributed by atoms with Crippen molar-refractivity contribution in [2.75, 3.05) is 13.1 Å². The van der Waals surface area contributed by atoms with Crippen LogP contribution in [0.4, 0.5) is 0 Å². The van der Waals surface area contributed by atoms with Gasteiger partial charge in [-0.15, -0.1) is 0 Å². The molecule has 1 unspecified atom stereocenters. The molecule has 3 nitrogen and oxygen atoms in total. The van der Waals surface area contributed by atoms with Gasteiger partial charge in [-0.1, -0.05) is 6.92 Å². The Morgan fingerprint density at radius 2 is 1.76 bits per heavy atom. The van der Waals surface area contributed by atoms with Crippen LogP contribution in [-0.4, -0.2) is 29.4 Å². The summed E-state index contributed by atoms with van der Waals surface area (Å²) in [6.45, 7) is 11.8. The zero-order chi connectivity index (χ0) is 13.3. The van der Waals surface area contributed by atoms with Gasteiger partial charge in [0, 0.05) is 18.6 Å². The number of carbonyl (C=O) groups excluding carboxylic acids is 1. The SMILES string of the molecule is CC1CCCN(C(=O)C(C)(C)C(C)(C)N)CC1.